The van der Waals surface area contributed by atoms with Crippen molar-refractivity contribution < 1.29 is 14.3 Å². The Kier molecular flexibility index (Phi) is 9.18. The Balaban J connectivity index is 2.24. The zero-order valence-electron chi connectivity index (χ0n) is 11.9. The zero-order chi connectivity index (χ0) is 14.8. The number of amides is 1. The summed E-state index contributed by atoms with van der Waals surface area (Å²) in [4.78, 5) is 24.3. The molecule has 1 aliphatic heterocycles. The maximum absolute atomic E-state index is 12.2. The lowest BCUT2D eigenvalue weighted by molar-refractivity contribution is -0.158. The molecule has 0 radical (unpaired) electrons. The molecule has 0 aromatic heterocycles. The molecule has 4 nitrogen and oxygen atoms in total. The molecule has 0 aromatic carbocycles. The molecule has 0 bridgehead atoms. The molecule has 2 unspecified atom stereocenters. The first-order valence-corrected chi connectivity index (χ1v) is 8.51. The topological polar surface area (TPSA) is 46.6 Å². The normalized spacial score (nSPS) is 20.5. The van der Waals surface area contributed by atoms with Gasteiger partial charge in [0.05, 0.1) is 0 Å². The van der Waals surface area contributed by atoms with Gasteiger partial charge in [0.25, 0.3) is 6.47 Å². The van der Waals surface area contributed by atoms with Crippen LogP contribution in [0, 0.1) is 0 Å². The highest BCUT2D eigenvalue weighted by atomic mass is 32.1. The number of nitrogens with zero attached hydrogens (tertiary/aromatic N) is 1. The van der Waals surface area contributed by atoms with Gasteiger partial charge in [-0.05, 0) is 37.9 Å². The summed E-state index contributed by atoms with van der Waals surface area (Å²) in [6.45, 7) is 1.14. The molecular formula is C14H25NO3S2. The van der Waals surface area contributed by atoms with Crippen LogP contribution in [0.1, 0.15) is 51.4 Å². The van der Waals surface area contributed by atoms with E-state index in [2.05, 4.69) is 25.3 Å². The van der Waals surface area contributed by atoms with Gasteiger partial charge in [-0.3, -0.25) is 9.59 Å². The third-order valence-electron chi connectivity index (χ3n) is 3.62. The maximum atomic E-state index is 12.2. The van der Waals surface area contributed by atoms with Crippen molar-refractivity contribution in [2.75, 3.05) is 12.3 Å². The second-order valence-electron chi connectivity index (χ2n) is 5.18. The van der Waals surface area contributed by atoms with E-state index in [0.29, 0.717) is 24.7 Å². The molecule has 1 amide bonds. The lowest BCUT2D eigenvalue weighted by Gasteiger charge is -2.34. The Morgan fingerprint density at radius 2 is 2.15 bits per heavy atom. The van der Waals surface area contributed by atoms with Gasteiger partial charge in [0.2, 0.25) is 5.91 Å². The smallest absolute Gasteiger partial charge is 0.295 e. The van der Waals surface area contributed by atoms with Gasteiger partial charge in [-0.25, -0.2) is 0 Å². The Hall–Kier alpha value is -0.360. The number of piperidine rings is 1. The third kappa shape index (κ3) is 6.39. The summed E-state index contributed by atoms with van der Waals surface area (Å²) in [6.07, 6.45) is 6.82. The average molecular weight is 319 g/mol. The van der Waals surface area contributed by atoms with Gasteiger partial charge in [-0.2, -0.15) is 25.3 Å². The summed E-state index contributed by atoms with van der Waals surface area (Å²) in [5, 5.41) is 0.378. The van der Waals surface area contributed by atoms with Crippen LogP contribution in [0.4, 0.5) is 0 Å². The molecule has 6 heteroatoms. The minimum absolute atomic E-state index is 0.0986. The molecule has 0 aromatic rings. The monoisotopic (exact) mass is 319 g/mol. The number of thiol groups is 2. The zero-order valence-corrected chi connectivity index (χ0v) is 13.7. The molecule has 1 fully saturated rings. The van der Waals surface area contributed by atoms with Crippen LogP contribution < -0.4 is 0 Å². The van der Waals surface area contributed by atoms with Crippen LogP contribution in [0.25, 0.3) is 0 Å². The third-order valence-corrected chi connectivity index (χ3v) is 4.40. The first-order valence-electron chi connectivity index (χ1n) is 7.36. The molecule has 20 heavy (non-hydrogen) atoms. The van der Waals surface area contributed by atoms with E-state index in [4.69, 9.17) is 4.74 Å². The SMILES string of the molecule is O=COC1CCCCN1C(=O)CCCCC(S)CCS. The predicted molar refractivity (Wildman–Crippen MR) is 86.2 cm³/mol. The Morgan fingerprint density at radius 1 is 1.35 bits per heavy atom. The van der Waals surface area contributed by atoms with Crippen LogP contribution >= 0.6 is 25.3 Å². The molecular weight excluding hydrogens is 294 g/mol. The highest BCUT2D eigenvalue weighted by molar-refractivity contribution is 7.81. The summed E-state index contributed by atoms with van der Waals surface area (Å²) in [7, 11) is 0. The van der Waals surface area contributed by atoms with Crippen molar-refractivity contribution in [3.63, 3.8) is 0 Å². The van der Waals surface area contributed by atoms with Gasteiger partial charge in [0.1, 0.15) is 0 Å². The average Bonchev–Trinajstić information content (AvgIpc) is 2.44. The van der Waals surface area contributed by atoms with Crippen molar-refractivity contribution in [1.82, 2.24) is 4.90 Å². The summed E-state index contributed by atoms with van der Waals surface area (Å²) in [5.41, 5.74) is 0. The summed E-state index contributed by atoms with van der Waals surface area (Å²) in [6, 6.07) is 0. The van der Waals surface area contributed by atoms with Crippen LogP contribution in [-0.2, 0) is 14.3 Å². The van der Waals surface area contributed by atoms with E-state index in [0.717, 1.165) is 50.7 Å². The van der Waals surface area contributed by atoms with Gasteiger partial charge >= 0.3 is 0 Å². The van der Waals surface area contributed by atoms with Crippen LogP contribution in [0.2, 0.25) is 0 Å². The van der Waals surface area contributed by atoms with Crippen molar-refractivity contribution in [3.8, 4) is 0 Å². The molecule has 2 atom stereocenters. The van der Waals surface area contributed by atoms with Crippen molar-refractivity contribution in [2.45, 2.75) is 62.8 Å². The minimum Gasteiger partial charge on any atom is -0.444 e. The van der Waals surface area contributed by atoms with Crippen molar-refractivity contribution in [1.29, 1.82) is 0 Å². The first-order chi connectivity index (χ1) is 9.69. The molecule has 0 spiro atoms. The molecule has 116 valence electrons. The standard InChI is InChI=1S/C14H25NO3S2/c16-11-18-14-7-3-4-9-15(14)13(17)6-2-1-5-12(20)8-10-19/h11-12,14,19-20H,1-10H2. The van der Waals surface area contributed by atoms with E-state index in [9.17, 15) is 9.59 Å². The molecule has 1 saturated heterocycles. The number of rotatable bonds is 9. The number of carbonyl (C=O) groups excluding carboxylic acids is 2. The van der Waals surface area contributed by atoms with E-state index in [1.165, 1.54) is 0 Å². The Labute approximate surface area is 132 Å². The fourth-order valence-corrected chi connectivity index (χ4v) is 3.31. The van der Waals surface area contributed by atoms with Gasteiger partial charge in [-0.1, -0.05) is 6.42 Å². The van der Waals surface area contributed by atoms with E-state index in [-0.39, 0.29) is 12.1 Å². The first kappa shape index (κ1) is 17.7. The van der Waals surface area contributed by atoms with E-state index < -0.39 is 0 Å². The van der Waals surface area contributed by atoms with Crippen LogP contribution in [0.15, 0.2) is 0 Å². The van der Waals surface area contributed by atoms with Gasteiger partial charge < -0.3 is 9.64 Å². The quantitative estimate of drug-likeness (QED) is 0.390. The number of hydrogen-bond acceptors (Lipinski definition) is 5. The number of likely N-dealkylation sites (tertiary alicyclic amines) is 1. The van der Waals surface area contributed by atoms with Crippen LogP contribution in [-0.4, -0.2) is 41.1 Å². The number of carbonyl (C=O) groups is 2. The predicted octanol–water partition coefficient (Wildman–Crippen LogP) is 2.68. The Bertz CT molecular complexity index is 302. The molecule has 0 saturated carbocycles. The number of ether oxygens (including phenoxy) is 1. The molecule has 1 rings (SSSR count). The number of unbranched alkanes of at least 4 members (excludes halogenated alkanes) is 1. The summed E-state index contributed by atoms with van der Waals surface area (Å²) >= 11 is 8.66. The molecule has 0 N–H and O–H groups in total. The van der Waals surface area contributed by atoms with Gasteiger partial charge in [0.15, 0.2) is 6.23 Å². The maximum Gasteiger partial charge on any atom is 0.295 e. The lowest BCUT2D eigenvalue weighted by Crippen LogP contribution is -2.45. The molecule has 1 aliphatic rings. The molecule has 0 aliphatic carbocycles. The van der Waals surface area contributed by atoms with E-state index >= 15 is 0 Å². The second kappa shape index (κ2) is 10.4. The highest BCUT2D eigenvalue weighted by Gasteiger charge is 2.27. The fraction of sp³-hybridized carbons (Fsp3) is 0.857. The van der Waals surface area contributed by atoms with Crippen LogP contribution in [0.3, 0.4) is 0 Å². The van der Waals surface area contributed by atoms with Crippen molar-refractivity contribution >= 4 is 37.6 Å². The van der Waals surface area contributed by atoms with Crippen molar-refractivity contribution in [2.24, 2.45) is 0 Å². The van der Waals surface area contributed by atoms with Crippen molar-refractivity contribution in [3.05, 3.63) is 0 Å². The number of hydrogen-bond donors (Lipinski definition) is 2. The summed E-state index contributed by atoms with van der Waals surface area (Å²) in [5.74, 6) is 0.951. The van der Waals surface area contributed by atoms with Crippen LogP contribution in [0.5, 0.6) is 0 Å². The van der Waals surface area contributed by atoms with Gasteiger partial charge in [0, 0.05) is 24.6 Å². The summed E-state index contributed by atoms with van der Waals surface area (Å²) < 4.78 is 5.00. The fourth-order valence-electron chi connectivity index (χ4n) is 2.49. The minimum atomic E-state index is -0.351. The largest absolute Gasteiger partial charge is 0.444 e. The molecule has 1 heterocycles. The van der Waals surface area contributed by atoms with E-state index in [1.807, 2.05) is 0 Å². The lowest BCUT2D eigenvalue weighted by atomic mass is 10.1. The van der Waals surface area contributed by atoms with Gasteiger partial charge in [-0.15, -0.1) is 0 Å². The second-order valence-corrected chi connectivity index (χ2v) is 6.36. The highest BCUT2D eigenvalue weighted by Crippen LogP contribution is 2.20. The van der Waals surface area contributed by atoms with E-state index in [1.54, 1.807) is 4.90 Å². The Morgan fingerprint density at radius 3 is 2.85 bits per heavy atom.